The van der Waals surface area contributed by atoms with Crippen LogP contribution in [0, 0.1) is 0 Å². The van der Waals surface area contributed by atoms with Crippen molar-refractivity contribution in [3.63, 3.8) is 0 Å². The summed E-state index contributed by atoms with van der Waals surface area (Å²) in [5.74, 6) is 0.590. The Morgan fingerprint density at radius 3 is 3.06 bits per heavy atom. The molecule has 1 aromatic heterocycles. The smallest absolute Gasteiger partial charge is 0.222 e. The molecule has 4 heteroatoms. The molecular formula is C14H15NO3. The third-order valence-electron chi connectivity index (χ3n) is 3.09. The van der Waals surface area contributed by atoms with Crippen LogP contribution < -0.4 is 4.74 Å². The first-order chi connectivity index (χ1) is 8.86. The fourth-order valence-corrected chi connectivity index (χ4v) is 2.15. The number of benzene rings is 1. The van der Waals surface area contributed by atoms with Gasteiger partial charge in [-0.25, -0.2) is 4.98 Å². The van der Waals surface area contributed by atoms with Crippen molar-refractivity contribution in [1.29, 1.82) is 0 Å². The molecule has 1 aromatic carbocycles. The highest BCUT2D eigenvalue weighted by Crippen LogP contribution is 2.26. The molecule has 1 saturated heterocycles. The Balaban J connectivity index is 2.01. The summed E-state index contributed by atoms with van der Waals surface area (Å²) in [5, 5.41) is 11.2. The minimum Gasteiger partial charge on any atom is -0.471 e. The van der Waals surface area contributed by atoms with Gasteiger partial charge in [0, 0.05) is 11.8 Å². The SMILES string of the molecule is OCc1cc2ccccc2c(OC2CCOC2)n1. The maximum absolute atomic E-state index is 9.24. The Labute approximate surface area is 105 Å². The van der Waals surface area contributed by atoms with Gasteiger partial charge in [-0.2, -0.15) is 0 Å². The minimum atomic E-state index is -0.0810. The second-order valence-corrected chi connectivity index (χ2v) is 4.40. The van der Waals surface area contributed by atoms with Crippen molar-refractivity contribution in [1.82, 2.24) is 4.98 Å². The van der Waals surface area contributed by atoms with Crippen molar-refractivity contribution in [3.8, 4) is 5.88 Å². The van der Waals surface area contributed by atoms with Gasteiger partial charge in [-0.3, -0.25) is 0 Å². The lowest BCUT2D eigenvalue weighted by molar-refractivity contribution is 0.138. The number of nitrogens with zero attached hydrogens (tertiary/aromatic N) is 1. The number of hydrogen-bond donors (Lipinski definition) is 1. The summed E-state index contributed by atoms with van der Waals surface area (Å²) in [6.07, 6.45) is 0.953. The van der Waals surface area contributed by atoms with Crippen LogP contribution in [0.1, 0.15) is 12.1 Å². The summed E-state index contributed by atoms with van der Waals surface area (Å²) in [7, 11) is 0. The van der Waals surface area contributed by atoms with Crippen LogP contribution in [0.5, 0.6) is 5.88 Å². The monoisotopic (exact) mass is 245 g/mol. The van der Waals surface area contributed by atoms with E-state index in [2.05, 4.69) is 4.98 Å². The summed E-state index contributed by atoms with van der Waals surface area (Å²) in [5.41, 5.74) is 0.627. The number of rotatable bonds is 3. The van der Waals surface area contributed by atoms with E-state index in [1.165, 1.54) is 0 Å². The fourth-order valence-electron chi connectivity index (χ4n) is 2.15. The Kier molecular flexibility index (Phi) is 3.13. The Morgan fingerprint density at radius 1 is 1.39 bits per heavy atom. The van der Waals surface area contributed by atoms with Gasteiger partial charge in [0.25, 0.3) is 0 Å². The molecular weight excluding hydrogens is 230 g/mol. The van der Waals surface area contributed by atoms with Gasteiger partial charge in [-0.15, -0.1) is 0 Å². The van der Waals surface area contributed by atoms with Gasteiger partial charge in [0.05, 0.1) is 25.5 Å². The predicted molar refractivity (Wildman–Crippen MR) is 67.5 cm³/mol. The van der Waals surface area contributed by atoms with E-state index < -0.39 is 0 Å². The van der Waals surface area contributed by atoms with E-state index >= 15 is 0 Å². The van der Waals surface area contributed by atoms with Gasteiger partial charge >= 0.3 is 0 Å². The molecule has 1 N–H and O–H groups in total. The maximum Gasteiger partial charge on any atom is 0.222 e. The van der Waals surface area contributed by atoms with Gasteiger partial charge in [0.15, 0.2) is 0 Å². The molecule has 3 rings (SSSR count). The number of hydrogen-bond acceptors (Lipinski definition) is 4. The number of ether oxygens (including phenoxy) is 2. The van der Waals surface area contributed by atoms with Gasteiger partial charge in [0.1, 0.15) is 6.10 Å². The molecule has 1 aliphatic heterocycles. The fraction of sp³-hybridized carbons (Fsp3) is 0.357. The number of aliphatic hydroxyl groups is 1. The molecule has 1 fully saturated rings. The molecule has 0 saturated carbocycles. The lowest BCUT2D eigenvalue weighted by atomic mass is 10.1. The van der Waals surface area contributed by atoms with Crippen molar-refractivity contribution in [3.05, 3.63) is 36.0 Å². The molecule has 0 amide bonds. The molecule has 18 heavy (non-hydrogen) atoms. The molecule has 94 valence electrons. The van der Waals surface area contributed by atoms with E-state index in [0.29, 0.717) is 18.2 Å². The van der Waals surface area contributed by atoms with Crippen molar-refractivity contribution in [2.45, 2.75) is 19.1 Å². The van der Waals surface area contributed by atoms with Crippen molar-refractivity contribution < 1.29 is 14.6 Å². The summed E-state index contributed by atoms with van der Waals surface area (Å²) < 4.78 is 11.2. The average Bonchev–Trinajstić information content (AvgIpc) is 2.91. The molecule has 2 aromatic rings. The molecule has 0 aliphatic carbocycles. The first-order valence-electron chi connectivity index (χ1n) is 6.11. The minimum absolute atomic E-state index is 0.0647. The highest BCUT2D eigenvalue weighted by molar-refractivity contribution is 5.87. The highest BCUT2D eigenvalue weighted by atomic mass is 16.5. The van der Waals surface area contributed by atoms with Crippen LogP contribution in [-0.2, 0) is 11.3 Å². The zero-order chi connectivity index (χ0) is 12.4. The summed E-state index contributed by atoms with van der Waals surface area (Å²) in [4.78, 5) is 4.36. The number of aliphatic hydroxyl groups excluding tert-OH is 1. The summed E-state index contributed by atoms with van der Waals surface area (Å²) in [6.45, 7) is 1.27. The lowest BCUT2D eigenvalue weighted by Gasteiger charge is -2.14. The second-order valence-electron chi connectivity index (χ2n) is 4.40. The lowest BCUT2D eigenvalue weighted by Crippen LogP contribution is -2.17. The molecule has 1 atom stereocenters. The number of aromatic nitrogens is 1. The topological polar surface area (TPSA) is 51.6 Å². The standard InChI is InChI=1S/C14H15NO3/c16-8-11-7-10-3-1-2-4-13(10)14(15-11)18-12-5-6-17-9-12/h1-4,7,12,16H,5-6,8-9H2. The first kappa shape index (κ1) is 11.4. The van der Waals surface area contributed by atoms with E-state index in [-0.39, 0.29) is 12.7 Å². The predicted octanol–water partition coefficient (Wildman–Crippen LogP) is 1.89. The summed E-state index contributed by atoms with van der Waals surface area (Å²) in [6, 6.07) is 9.78. The van der Waals surface area contributed by atoms with Gasteiger partial charge in [-0.05, 0) is 17.5 Å². The summed E-state index contributed by atoms with van der Waals surface area (Å²) >= 11 is 0. The van der Waals surface area contributed by atoms with E-state index in [0.717, 1.165) is 23.8 Å². The molecule has 1 aliphatic rings. The largest absolute Gasteiger partial charge is 0.471 e. The van der Waals surface area contributed by atoms with E-state index in [1.807, 2.05) is 30.3 Å². The average molecular weight is 245 g/mol. The molecule has 0 bridgehead atoms. The Hall–Kier alpha value is -1.65. The Bertz CT molecular complexity index is 550. The molecule has 0 spiro atoms. The van der Waals surface area contributed by atoms with Crippen LogP contribution in [0.2, 0.25) is 0 Å². The molecule has 4 nitrogen and oxygen atoms in total. The van der Waals surface area contributed by atoms with Crippen LogP contribution in [0.3, 0.4) is 0 Å². The normalized spacial score (nSPS) is 19.3. The van der Waals surface area contributed by atoms with E-state index in [9.17, 15) is 5.11 Å². The van der Waals surface area contributed by atoms with Gasteiger partial charge in [-0.1, -0.05) is 18.2 Å². The van der Waals surface area contributed by atoms with Crippen molar-refractivity contribution in [2.75, 3.05) is 13.2 Å². The van der Waals surface area contributed by atoms with Gasteiger partial charge < -0.3 is 14.6 Å². The molecule has 0 radical (unpaired) electrons. The molecule has 2 heterocycles. The number of fused-ring (bicyclic) bond motifs is 1. The zero-order valence-corrected chi connectivity index (χ0v) is 10.0. The second kappa shape index (κ2) is 4.92. The Morgan fingerprint density at radius 2 is 2.28 bits per heavy atom. The third-order valence-corrected chi connectivity index (χ3v) is 3.09. The maximum atomic E-state index is 9.24. The third kappa shape index (κ3) is 2.17. The zero-order valence-electron chi connectivity index (χ0n) is 10.0. The first-order valence-corrected chi connectivity index (χ1v) is 6.11. The van der Waals surface area contributed by atoms with Crippen LogP contribution >= 0.6 is 0 Å². The van der Waals surface area contributed by atoms with Gasteiger partial charge in [0.2, 0.25) is 5.88 Å². The van der Waals surface area contributed by atoms with Crippen LogP contribution in [-0.4, -0.2) is 29.4 Å². The van der Waals surface area contributed by atoms with Crippen molar-refractivity contribution >= 4 is 10.8 Å². The van der Waals surface area contributed by atoms with Crippen LogP contribution in [0.25, 0.3) is 10.8 Å². The quantitative estimate of drug-likeness (QED) is 0.897. The number of pyridine rings is 1. The van der Waals surface area contributed by atoms with Crippen LogP contribution in [0.4, 0.5) is 0 Å². The van der Waals surface area contributed by atoms with Crippen molar-refractivity contribution in [2.24, 2.45) is 0 Å². The van der Waals surface area contributed by atoms with E-state index in [1.54, 1.807) is 0 Å². The van der Waals surface area contributed by atoms with E-state index in [4.69, 9.17) is 9.47 Å². The highest BCUT2D eigenvalue weighted by Gasteiger charge is 2.19. The molecule has 1 unspecified atom stereocenters. The van der Waals surface area contributed by atoms with Crippen LogP contribution in [0.15, 0.2) is 30.3 Å².